The van der Waals surface area contributed by atoms with Crippen LogP contribution in [0.2, 0.25) is 0 Å². The molecule has 0 aliphatic rings. The predicted octanol–water partition coefficient (Wildman–Crippen LogP) is 2.31. The Bertz CT molecular complexity index is 184. The van der Waals surface area contributed by atoms with Crippen molar-refractivity contribution in [2.45, 2.75) is 52.1 Å². The monoisotopic (exact) mass is 249 g/mol. The van der Waals surface area contributed by atoms with Crippen LogP contribution >= 0.6 is 11.6 Å². The molecule has 0 aromatic carbocycles. The molecule has 0 spiro atoms. The molecule has 0 aromatic heterocycles. The maximum absolute atomic E-state index is 11.4. The first-order valence-corrected chi connectivity index (χ1v) is 6.69. The fourth-order valence-corrected chi connectivity index (χ4v) is 1.88. The number of unbranched alkanes of at least 4 members (excludes halogenated alkanes) is 1. The summed E-state index contributed by atoms with van der Waals surface area (Å²) in [5.41, 5.74) is 0. The zero-order valence-corrected chi connectivity index (χ0v) is 11.1. The van der Waals surface area contributed by atoms with Crippen molar-refractivity contribution in [3.63, 3.8) is 0 Å². The van der Waals surface area contributed by atoms with E-state index in [9.17, 15) is 9.90 Å². The van der Waals surface area contributed by atoms with Gasteiger partial charge in [0.1, 0.15) is 0 Å². The molecule has 4 heteroatoms. The Balaban J connectivity index is 3.65. The zero-order chi connectivity index (χ0) is 12.4. The Labute approximate surface area is 104 Å². The van der Waals surface area contributed by atoms with Gasteiger partial charge in [-0.05, 0) is 18.8 Å². The van der Waals surface area contributed by atoms with E-state index in [1.807, 2.05) is 0 Å². The van der Waals surface area contributed by atoms with Crippen molar-refractivity contribution in [1.29, 1.82) is 0 Å². The largest absolute Gasteiger partial charge is 0.391 e. The first kappa shape index (κ1) is 15.7. The standard InChI is InChI=1S/C12H24ClNO2/c1-3-10(4-2)11(15)9-14-12(16)7-5-6-8-13/h10-11,15H,3-9H2,1-2H3,(H,14,16). The number of rotatable bonds is 9. The van der Waals surface area contributed by atoms with Crippen molar-refractivity contribution in [1.82, 2.24) is 5.32 Å². The molecule has 0 bridgehead atoms. The Morgan fingerprint density at radius 1 is 1.31 bits per heavy atom. The molecule has 0 saturated carbocycles. The minimum Gasteiger partial charge on any atom is -0.391 e. The molecule has 1 unspecified atom stereocenters. The van der Waals surface area contributed by atoms with E-state index in [1.54, 1.807) is 0 Å². The fraction of sp³-hybridized carbons (Fsp3) is 0.917. The zero-order valence-electron chi connectivity index (χ0n) is 10.3. The van der Waals surface area contributed by atoms with Crippen molar-refractivity contribution < 1.29 is 9.90 Å². The number of aliphatic hydroxyl groups is 1. The number of carbonyl (C=O) groups excluding carboxylic acids is 1. The van der Waals surface area contributed by atoms with E-state index >= 15 is 0 Å². The highest BCUT2D eigenvalue weighted by Gasteiger charge is 2.15. The first-order chi connectivity index (χ1) is 7.65. The lowest BCUT2D eigenvalue weighted by atomic mass is 9.96. The second-order valence-corrected chi connectivity index (χ2v) is 4.47. The second kappa shape index (κ2) is 9.91. The molecule has 0 rings (SSSR count). The topological polar surface area (TPSA) is 49.3 Å². The molecule has 16 heavy (non-hydrogen) atoms. The van der Waals surface area contributed by atoms with Gasteiger partial charge in [-0.2, -0.15) is 0 Å². The highest BCUT2D eigenvalue weighted by atomic mass is 35.5. The van der Waals surface area contributed by atoms with E-state index in [1.165, 1.54) is 0 Å². The van der Waals surface area contributed by atoms with Gasteiger partial charge in [0.2, 0.25) is 5.91 Å². The summed E-state index contributed by atoms with van der Waals surface area (Å²) in [6, 6.07) is 0. The molecule has 96 valence electrons. The SMILES string of the molecule is CCC(CC)C(O)CNC(=O)CCCCCl. The van der Waals surface area contributed by atoms with Crippen LogP contribution in [-0.2, 0) is 4.79 Å². The van der Waals surface area contributed by atoms with Gasteiger partial charge in [-0.1, -0.05) is 26.7 Å². The van der Waals surface area contributed by atoms with Gasteiger partial charge in [-0.25, -0.2) is 0 Å². The van der Waals surface area contributed by atoms with Gasteiger partial charge in [0.05, 0.1) is 6.10 Å². The van der Waals surface area contributed by atoms with Crippen LogP contribution in [0.3, 0.4) is 0 Å². The van der Waals surface area contributed by atoms with Crippen LogP contribution in [0.15, 0.2) is 0 Å². The normalized spacial score (nSPS) is 12.8. The summed E-state index contributed by atoms with van der Waals surface area (Å²) < 4.78 is 0. The van der Waals surface area contributed by atoms with E-state index in [-0.39, 0.29) is 11.8 Å². The van der Waals surface area contributed by atoms with E-state index in [0.29, 0.717) is 18.8 Å². The molecule has 3 nitrogen and oxygen atoms in total. The van der Waals surface area contributed by atoms with Crippen molar-refractivity contribution in [2.75, 3.05) is 12.4 Å². The van der Waals surface area contributed by atoms with Crippen molar-refractivity contribution in [2.24, 2.45) is 5.92 Å². The average Bonchev–Trinajstić information content (AvgIpc) is 2.28. The molecule has 0 heterocycles. The molecular formula is C12H24ClNO2. The number of alkyl halides is 1. The number of hydrogen-bond donors (Lipinski definition) is 2. The third-order valence-electron chi connectivity index (χ3n) is 2.89. The third kappa shape index (κ3) is 7.07. The van der Waals surface area contributed by atoms with Crippen LogP contribution in [0.1, 0.15) is 46.0 Å². The van der Waals surface area contributed by atoms with Crippen LogP contribution in [0.5, 0.6) is 0 Å². The van der Waals surface area contributed by atoms with Gasteiger partial charge >= 0.3 is 0 Å². The summed E-state index contributed by atoms with van der Waals surface area (Å²) >= 11 is 5.52. The number of nitrogens with one attached hydrogen (secondary N) is 1. The lowest BCUT2D eigenvalue weighted by Gasteiger charge is -2.20. The molecule has 0 fully saturated rings. The van der Waals surface area contributed by atoms with Crippen LogP contribution in [0, 0.1) is 5.92 Å². The summed E-state index contributed by atoms with van der Waals surface area (Å²) in [5.74, 6) is 0.891. The smallest absolute Gasteiger partial charge is 0.220 e. The van der Waals surface area contributed by atoms with Crippen molar-refractivity contribution >= 4 is 17.5 Å². The number of halogens is 1. The molecule has 0 aromatic rings. The van der Waals surface area contributed by atoms with E-state index in [0.717, 1.165) is 25.7 Å². The summed E-state index contributed by atoms with van der Waals surface area (Å²) in [5, 5.41) is 12.6. The van der Waals surface area contributed by atoms with Crippen LogP contribution in [-0.4, -0.2) is 29.5 Å². The van der Waals surface area contributed by atoms with E-state index in [2.05, 4.69) is 19.2 Å². The number of carbonyl (C=O) groups is 1. The highest BCUT2D eigenvalue weighted by molar-refractivity contribution is 6.17. The van der Waals surface area contributed by atoms with Gasteiger partial charge in [0.15, 0.2) is 0 Å². The fourth-order valence-electron chi connectivity index (χ4n) is 1.69. The molecule has 1 amide bonds. The van der Waals surface area contributed by atoms with Gasteiger partial charge in [0, 0.05) is 18.8 Å². The summed E-state index contributed by atoms with van der Waals surface area (Å²) in [4.78, 5) is 11.4. The van der Waals surface area contributed by atoms with Crippen LogP contribution in [0.25, 0.3) is 0 Å². The van der Waals surface area contributed by atoms with Crippen molar-refractivity contribution in [3.8, 4) is 0 Å². The Morgan fingerprint density at radius 3 is 2.44 bits per heavy atom. The minimum absolute atomic E-state index is 0.00937. The number of hydrogen-bond acceptors (Lipinski definition) is 2. The lowest BCUT2D eigenvalue weighted by Crippen LogP contribution is -2.35. The Kier molecular flexibility index (Phi) is 9.74. The average molecular weight is 250 g/mol. The summed E-state index contributed by atoms with van der Waals surface area (Å²) in [6.45, 7) is 4.48. The maximum atomic E-state index is 11.4. The summed E-state index contributed by atoms with van der Waals surface area (Å²) in [7, 11) is 0. The van der Waals surface area contributed by atoms with E-state index < -0.39 is 6.10 Å². The second-order valence-electron chi connectivity index (χ2n) is 4.09. The molecule has 0 saturated heterocycles. The molecule has 1 atom stereocenters. The number of aliphatic hydroxyl groups excluding tert-OH is 1. The molecule has 0 aliphatic carbocycles. The molecule has 0 radical (unpaired) electrons. The van der Waals surface area contributed by atoms with Crippen molar-refractivity contribution in [3.05, 3.63) is 0 Å². The lowest BCUT2D eigenvalue weighted by molar-refractivity contribution is -0.121. The quantitative estimate of drug-likeness (QED) is 0.487. The van der Waals surface area contributed by atoms with Gasteiger partial charge < -0.3 is 10.4 Å². The molecule has 2 N–H and O–H groups in total. The first-order valence-electron chi connectivity index (χ1n) is 6.16. The maximum Gasteiger partial charge on any atom is 0.220 e. The van der Waals surface area contributed by atoms with Crippen LogP contribution in [0.4, 0.5) is 0 Å². The summed E-state index contributed by atoms with van der Waals surface area (Å²) in [6.07, 6.45) is 3.65. The third-order valence-corrected chi connectivity index (χ3v) is 3.16. The highest BCUT2D eigenvalue weighted by Crippen LogP contribution is 2.12. The number of amides is 1. The Hall–Kier alpha value is -0.280. The van der Waals surface area contributed by atoms with Gasteiger partial charge in [-0.3, -0.25) is 4.79 Å². The minimum atomic E-state index is -0.424. The molecular weight excluding hydrogens is 226 g/mol. The van der Waals surface area contributed by atoms with Gasteiger partial charge in [-0.15, -0.1) is 11.6 Å². The van der Waals surface area contributed by atoms with Gasteiger partial charge in [0.25, 0.3) is 0 Å². The predicted molar refractivity (Wildman–Crippen MR) is 67.7 cm³/mol. The van der Waals surface area contributed by atoms with Crippen LogP contribution < -0.4 is 5.32 Å². The Morgan fingerprint density at radius 2 is 1.94 bits per heavy atom. The molecule has 0 aliphatic heterocycles. The van der Waals surface area contributed by atoms with E-state index in [4.69, 9.17) is 11.6 Å².